The molecule has 0 saturated carbocycles. The van der Waals surface area contributed by atoms with Crippen LogP contribution in [0.3, 0.4) is 0 Å². The van der Waals surface area contributed by atoms with Gasteiger partial charge in [0.1, 0.15) is 23.4 Å². The average molecular weight is 394 g/mol. The van der Waals surface area contributed by atoms with Gasteiger partial charge in [0.05, 0.1) is 6.33 Å². The van der Waals surface area contributed by atoms with Crippen molar-refractivity contribution in [3.8, 4) is 11.5 Å². The second-order valence-corrected chi connectivity index (χ2v) is 7.36. The summed E-state index contributed by atoms with van der Waals surface area (Å²) in [6.07, 6.45) is 6.38. The molecular formula is C21H23FN6O. The predicted octanol–water partition coefficient (Wildman–Crippen LogP) is 2.97. The lowest BCUT2D eigenvalue weighted by Crippen LogP contribution is -2.40. The number of nitrogens with zero attached hydrogens (tertiary/aromatic N) is 5. The van der Waals surface area contributed by atoms with Crippen LogP contribution in [0.25, 0.3) is 11.5 Å². The first-order chi connectivity index (χ1) is 13.9. The molecule has 0 saturated heterocycles. The van der Waals surface area contributed by atoms with Gasteiger partial charge < -0.3 is 14.8 Å². The van der Waals surface area contributed by atoms with Crippen LogP contribution in [0.2, 0.25) is 0 Å². The highest BCUT2D eigenvalue weighted by molar-refractivity contribution is 5.96. The lowest BCUT2D eigenvalue weighted by molar-refractivity contribution is -0.117. The van der Waals surface area contributed by atoms with Gasteiger partial charge in [-0.25, -0.2) is 19.3 Å². The van der Waals surface area contributed by atoms with Gasteiger partial charge in [0.15, 0.2) is 5.82 Å². The summed E-state index contributed by atoms with van der Waals surface area (Å²) in [5, 5.41) is 2.77. The molecule has 0 aliphatic heterocycles. The molecule has 1 N–H and O–H groups in total. The minimum Gasteiger partial charge on any atom is -0.348 e. The van der Waals surface area contributed by atoms with E-state index in [1.807, 2.05) is 29.8 Å². The second-order valence-electron chi connectivity index (χ2n) is 7.36. The monoisotopic (exact) mass is 394 g/mol. The van der Waals surface area contributed by atoms with E-state index in [2.05, 4.69) is 10.3 Å². The molecule has 1 amide bonds. The molecule has 1 aliphatic carbocycles. The Morgan fingerprint density at radius 3 is 2.86 bits per heavy atom. The van der Waals surface area contributed by atoms with Crippen LogP contribution in [0.15, 0.2) is 36.8 Å². The number of nitrogens with one attached hydrogen (secondary N) is 1. The van der Waals surface area contributed by atoms with Crippen molar-refractivity contribution >= 4 is 17.4 Å². The van der Waals surface area contributed by atoms with E-state index in [0.717, 1.165) is 36.3 Å². The molecule has 1 atom stereocenters. The maximum absolute atomic E-state index is 13.4. The topological polar surface area (TPSA) is 75.9 Å². The number of amides is 1. The predicted molar refractivity (Wildman–Crippen MR) is 109 cm³/mol. The lowest BCUT2D eigenvalue weighted by Gasteiger charge is -2.27. The molecule has 1 aromatic carbocycles. The number of halogens is 1. The van der Waals surface area contributed by atoms with Gasteiger partial charge in [-0.1, -0.05) is 6.07 Å². The molecule has 1 unspecified atom stereocenters. The van der Waals surface area contributed by atoms with E-state index >= 15 is 0 Å². The minimum atomic E-state index is -0.505. The molecule has 0 fully saturated rings. The first-order valence-electron chi connectivity index (χ1n) is 9.60. The number of hydrogen-bond acceptors (Lipinski definition) is 5. The van der Waals surface area contributed by atoms with Gasteiger partial charge in [0.2, 0.25) is 5.91 Å². The second kappa shape index (κ2) is 7.62. The van der Waals surface area contributed by atoms with Gasteiger partial charge in [-0.05, 0) is 44.4 Å². The van der Waals surface area contributed by atoms with E-state index in [4.69, 9.17) is 9.97 Å². The third-order valence-electron chi connectivity index (χ3n) is 5.23. The van der Waals surface area contributed by atoms with Crippen LogP contribution in [-0.2, 0) is 24.7 Å². The van der Waals surface area contributed by atoms with Gasteiger partial charge in [-0.3, -0.25) is 4.79 Å². The number of benzene rings is 1. The number of anilines is 2. The molecule has 3 aromatic rings. The molecule has 0 bridgehead atoms. The molecule has 1 aliphatic rings. The first-order valence-corrected chi connectivity index (χ1v) is 9.60. The highest BCUT2D eigenvalue weighted by atomic mass is 19.1. The highest BCUT2D eigenvalue weighted by Gasteiger charge is 2.27. The number of hydrogen-bond donors (Lipinski definition) is 1. The molecule has 150 valence electrons. The smallest absolute Gasteiger partial charge is 0.246 e. The van der Waals surface area contributed by atoms with Crippen molar-refractivity contribution in [1.82, 2.24) is 19.5 Å². The zero-order valence-electron chi connectivity index (χ0n) is 16.7. The number of likely N-dealkylation sites (N-methyl/N-ethyl adjacent to an activating group) is 1. The van der Waals surface area contributed by atoms with Gasteiger partial charge in [-0.2, -0.15) is 0 Å². The maximum atomic E-state index is 13.4. The third kappa shape index (κ3) is 3.83. The molecule has 0 spiro atoms. The fourth-order valence-corrected chi connectivity index (χ4v) is 3.52. The summed E-state index contributed by atoms with van der Waals surface area (Å²) in [5.41, 5.74) is 3.23. The Balaban J connectivity index is 1.62. The number of fused-ring (bicyclic) bond motifs is 1. The fraction of sp³-hybridized carbons (Fsp3) is 0.333. The van der Waals surface area contributed by atoms with Gasteiger partial charge >= 0.3 is 0 Å². The summed E-state index contributed by atoms with van der Waals surface area (Å²) in [6.45, 7) is 1.80. The molecule has 4 rings (SSSR count). The number of aryl methyl sites for hydroxylation is 2. The molecule has 7 nitrogen and oxygen atoms in total. The third-order valence-corrected chi connectivity index (χ3v) is 5.23. The van der Waals surface area contributed by atoms with Gasteiger partial charge in [0.25, 0.3) is 0 Å². The number of imidazole rings is 1. The Morgan fingerprint density at radius 2 is 2.14 bits per heavy atom. The fourth-order valence-electron chi connectivity index (χ4n) is 3.52. The van der Waals surface area contributed by atoms with Crippen molar-refractivity contribution in [2.45, 2.75) is 32.2 Å². The van der Waals surface area contributed by atoms with E-state index in [1.165, 1.54) is 12.1 Å². The Hall–Kier alpha value is -3.29. The molecule has 2 aromatic heterocycles. The van der Waals surface area contributed by atoms with Crippen molar-refractivity contribution in [2.75, 3.05) is 17.3 Å². The summed E-state index contributed by atoms with van der Waals surface area (Å²) >= 11 is 0. The number of carbonyl (C=O) groups is 1. The van der Waals surface area contributed by atoms with Crippen molar-refractivity contribution in [3.63, 3.8) is 0 Å². The van der Waals surface area contributed by atoms with Crippen molar-refractivity contribution in [1.29, 1.82) is 0 Å². The van der Waals surface area contributed by atoms with E-state index in [-0.39, 0.29) is 5.91 Å². The molecule has 8 heteroatoms. The van der Waals surface area contributed by atoms with Crippen LogP contribution in [0, 0.1) is 5.82 Å². The Morgan fingerprint density at radius 1 is 1.31 bits per heavy atom. The van der Waals surface area contributed by atoms with E-state index < -0.39 is 11.9 Å². The highest BCUT2D eigenvalue weighted by Crippen LogP contribution is 2.31. The Labute approximate surface area is 168 Å². The van der Waals surface area contributed by atoms with Crippen molar-refractivity contribution in [3.05, 3.63) is 53.9 Å². The molecule has 29 heavy (non-hydrogen) atoms. The molecular weight excluding hydrogens is 371 g/mol. The zero-order chi connectivity index (χ0) is 20.5. The first kappa shape index (κ1) is 19.0. The summed E-state index contributed by atoms with van der Waals surface area (Å²) in [4.78, 5) is 28.4. The number of carbonyl (C=O) groups excluding carboxylic acids is 1. The lowest BCUT2D eigenvalue weighted by atomic mass is 10.2. The van der Waals surface area contributed by atoms with E-state index in [0.29, 0.717) is 17.2 Å². The molecule has 0 radical (unpaired) electrons. The van der Waals surface area contributed by atoms with Gasteiger partial charge in [0, 0.05) is 37.2 Å². The van der Waals surface area contributed by atoms with Crippen LogP contribution in [0.1, 0.15) is 24.6 Å². The average Bonchev–Trinajstić information content (AvgIpc) is 3.34. The molecule has 2 heterocycles. The van der Waals surface area contributed by atoms with Crippen LogP contribution in [0.5, 0.6) is 0 Å². The van der Waals surface area contributed by atoms with Crippen molar-refractivity contribution < 1.29 is 9.18 Å². The normalized spacial score (nSPS) is 13.8. The Kier molecular flexibility index (Phi) is 5.00. The van der Waals surface area contributed by atoms with Gasteiger partial charge in [-0.15, -0.1) is 0 Å². The summed E-state index contributed by atoms with van der Waals surface area (Å²) in [7, 11) is 3.74. The van der Waals surface area contributed by atoms with Crippen molar-refractivity contribution in [2.24, 2.45) is 7.05 Å². The van der Waals surface area contributed by atoms with Crippen LogP contribution >= 0.6 is 0 Å². The quantitative estimate of drug-likeness (QED) is 0.720. The minimum absolute atomic E-state index is 0.233. The number of aromatic nitrogens is 4. The standard InChI is InChI=1S/C21H23FN6O/c1-13(21(29)24-15-7-4-6-14(22)10-15)28(3)20-16-8-5-9-17(16)25-19(26-20)18-11-27(2)12-23-18/h4,6-7,10-13H,5,8-9H2,1-3H3,(H,24,29). The maximum Gasteiger partial charge on any atom is 0.246 e. The zero-order valence-corrected chi connectivity index (χ0v) is 16.7. The van der Waals surface area contributed by atoms with E-state index in [9.17, 15) is 9.18 Å². The Bertz CT molecular complexity index is 1060. The summed E-state index contributed by atoms with van der Waals surface area (Å²) in [6, 6.07) is 5.36. The summed E-state index contributed by atoms with van der Waals surface area (Å²) in [5.74, 6) is 0.682. The summed E-state index contributed by atoms with van der Waals surface area (Å²) < 4.78 is 15.3. The number of rotatable bonds is 5. The SMILES string of the molecule is CC(C(=O)Nc1cccc(F)c1)N(C)c1nc(-c2cn(C)cn2)nc2c1CCC2. The van der Waals surface area contributed by atoms with Crippen LogP contribution in [0.4, 0.5) is 15.9 Å². The van der Waals surface area contributed by atoms with Crippen LogP contribution in [-0.4, -0.2) is 38.5 Å². The largest absolute Gasteiger partial charge is 0.348 e. The van der Waals surface area contributed by atoms with E-state index in [1.54, 1.807) is 25.4 Å². The van der Waals surface area contributed by atoms with Crippen LogP contribution < -0.4 is 10.2 Å².